The van der Waals surface area contributed by atoms with Crippen molar-refractivity contribution in [3.63, 3.8) is 0 Å². The van der Waals surface area contributed by atoms with E-state index in [1.165, 1.54) is 0 Å². The topological polar surface area (TPSA) is 75.4 Å². The minimum Gasteiger partial charge on any atom is -0.353 e. The summed E-state index contributed by atoms with van der Waals surface area (Å²) in [6.07, 6.45) is 2.02. The highest BCUT2D eigenvalue weighted by atomic mass is 16.2. The average Bonchev–Trinajstić information content (AvgIpc) is 2.37. The first kappa shape index (κ1) is 18.0. The number of nitrogens with one attached hydrogen (secondary N) is 1. The van der Waals surface area contributed by atoms with Gasteiger partial charge in [-0.05, 0) is 18.8 Å². The average molecular weight is 297 g/mol. The van der Waals surface area contributed by atoms with Gasteiger partial charge in [-0.15, -0.1) is 0 Å². The number of carbonyl (C=O) groups excluding carboxylic acids is 2. The summed E-state index contributed by atoms with van der Waals surface area (Å²) < 4.78 is 0. The molecule has 1 fully saturated rings. The molecule has 0 aromatic rings. The normalized spacial score (nSPS) is 18.7. The Kier molecular flexibility index (Phi) is 6.20. The number of likely N-dealkylation sites (tertiary alicyclic amines) is 1. The predicted molar refractivity (Wildman–Crippen MR) is 84.6 cm³/mol. The van der Waals surface area contributed by atoms with Crippen LogP contribution in [0.4, 0.5) is 0 Å². The Hall–Kier alpha value is -1.10. The Morgan fingerprint density at radius 1 is 1.24 bits per heavy atom. The zero-order chi connectivity index (χ0) is 16.2. The van der Waals surface area contributed by atoms with E-state index in [-0.39, 0.29) is 29.3 Å². The van der Waals surface area contributed by atoms with Crippen molar-refractivity contribution < 1.29 is 9.59 Å². The van der Waals surface area contributed by atoms with Crippen molar-refractivity contribution in [2.75, 3.05) is 13.1 Å². The first-order valence-electron chi connectivity index (χ1n) is 7.95. The third kappa shape index (κ3) is 5.65. The van der Waals surface area contributed by atoms with Gasteiger partial charge in [0.25, 0.3) is 0 Å². The van der Waals surface area contributed by atoms with Crippen molar-refractivity contribution in [1.82, 2.24) is 10.2 Å². The lowest BCUT2D eigenvalue weighted by molar-refractivity contribution is -0.140. The molecule has 0 aromatic heterocycles. The molecule has 5 nitrogen and oxygen atoms in total. The monoisotopic (exact) mass is 297 g/mol. The van der Waals surface area contributed by atoms with Gasteiger partial charge in [0.2, 0.25) is 11.8 Å². The first-order valence-corrected chi connectivity index (χ1v) is 7.95. The second-order valence-corrected chi connectivity index (χ2v) is 7.50. The third-order valence-corrected chi connectivity index (χ3v) is 4.07. The van der Waals surface area contributed by atoms with Gasteiger partial charge >= 0.3 is 0 Å². The highest BCUT2D eigenvalue weighted by molar-refractivity contribution is 5.81. The maximum atomic E-state index is 12.2. The smallest absolute Gasteiger partial charge is 0.227 e. The van der Waals surface area contributed by atoms with E-state index >= 15 is 0 Å². The van der Waals surface area contributed by atoms with E-state index in [0.717, 1.165) is 25.9 Å². The molecule has 1 unspecified atom stereocenters. The molecule has 1 aliphatic heterocycles. The van der Waals surface area contributed by atoms with Crippen LogP contribution in [0.2, 0.25) is 0 Å². The minimum atomic E-state index is -0.333. The van der Waals surface area contributed by atoms with Crippen LogP contribution in [0, 0.1) is 11.3 Å². The highest BCUT2D eigenvalue weighted by Crippen LogP contribution is 2.21. The van der Waals surface area contributed by atoms with Crippen LogP contribution in [-0.2, 0) is 9.59 Å². The molecule has 21 heavy (non-hydrogen) atoms. The van der Waals surface area contributed by atoms with Crippen molar-refractivity contribution in [2.24, 2.45) is 17.1 Å². The van der Waals surface area contributed by atoms with Crippen LogP contribution in [0.15, 0.2) is 0 Å². The molecule has 0 aromatic carbocycles. The summed E-state index contributed by atoms with van der Waals surface area (Å²) in [7, 11) is 0. The molecule has 0 aliphatic carbocycles. The van der Waals surface area contributed by atoms with Crippen LogP contribution in [0.3, 0.4) is 0 Å². The van der Waals surface area contributed by atoms with Crippen LogP contribution in [-0.4, -0.2) is 41.9 Å². The number of piperidine rings is 1. The molecule has 1 saturated heterocycles. The Labute approximate surface area is 128 Å². The molecule has 5 heteroatoms. The van der Waals surface area contributed by atoms with Crippen LogP contribution < -0.4 is 11.1 Å². The fourth-order valence-electron chi connectivity index (χ4n) is 2.44. The first-order chi connectivity index (χ1) is 9.61. The SMILES string of the molecule is CC(C)C(N)CC(=O)NC1CCN(C(=O)C(C)(C)C)CC1. The molecule has 1 heterocycles. The molecule has 1 aliphatic rings. The lowest BCUT2D eigenvalue weighted by Crippen LogP contribution is -2.49. The summed E-state index contributed by atoms with van der Waals surface area (Å²) in [4.78, 5) is 26.0. The summed E-state index contributed by atoms with van der Waals surface area (Å²) in [6, 6.07) is 0.0773. The van der Waals surface area contributed by atoms with Crippen LogP contribution in [0.1, 0.15) is 53.9 Å². The fourth-order valence-corrected chi connectivity index (χ4v) is 2.44. The number of nitrogens with zero attached hydrogens (tertiary/aromatic N) is 1. The van der Waals surface area contributed by atoms with E-state index in [9.17, 15) is 9.59 Å². The molecular formula is C16H31N3O2. The van der Waals surface area contributed by atoms with Gasteiger partial charge in [0.15, 0.2) is 0 Å². The summed E-state index contributed by atoms with van der Waals surface area (Å²) in [5.74, 6) is 0.521. The summed E-state index contributed by atoms with van der Waals surface area (Å²) >= 11 is 0. The van der Waals surface area contributed by atoms with Gasteiger partial charge in [-0.3, -0.25) is 9.59 Å². The molecule has 1 atom stereocenters. The van der Waals surface area contributed by atoms with E-state index in [1.54, 1.807) is 0 Å². The summed E-state index contributed by atoms with van der Waals surface area (Å²) in [6.45, 7) is 11.3. The number of amides is 2. The van der Waals surface area contributed by atoms with Gasteiger partial charge in [0, 0.05) is 37.0 Å². The van der Waals surface area contributed by atoms with Crippen LogP contribution >= 0.6 is 0 Å². The van der Waals surface area contributed by atoms with E-state index < -0.39 is 0 Å². The van der Waals surface area contributed by atoms with E-state index in [0.29, 0.717) is 12.3 Å². The Bertz CT molecular complexity index is 366. The Balaban J connectivity index is 2.37. The molecule has 122 valence electrons. The molecule has 0 spiro atoms. The van der Waals surface area contributed by atoms with Gasteiger partial charge in [-0.2, -0.15) is 0 Å². The molecule has 1 rings (SSSR count). The van der Waals surface area contributed by atoms with Gasteiger partial charge in [-0.25, -0.2) is 0 Å². The molecule has 2 amide bonds. The van der Waals surface area contributed by atoms with Crippen molar-refractivity contribution in [3.8, 4) is 0 Å². The fraction of sp³-hybridized carbons (Fsp3) is 0.875. The van der Waals surface area contributed by atoms with E-state index in [1.807, 2.05) is 39.5 Å². The van der Waals surface area contributed by atoms with Gasteiger partial charge in [0.1, 0.15) is 0 Å². The number of carbonyl (C=O) groups is 2. The van der Waals surface area contributed by atoms with E-state index in [2.05, 4.69) is 5.32 Å². The van der Waals surface area contributed by atoms with Gasteiger partial charge in [0.05, 0.1) is 0 Å². The van der Waals surface area contributed by atoms with E-state index in [4.69, 9.17) is 5.73 Å². The molecule has 0 bridgehead atoms. The zero-order valence-corrected chi connectivity index (χ0v) is 14.1. The Morgan fingerprint density at radius 2 is 1.76 bits per heavy atom. The second-order valence-electron chi connectivity index (χ2n) is 7.50. The maximum absolute atomic E-state index is 12.2. The molecule has 3 N–H and O–H groups in total. The third-order valence-electron chi connectivity index (χ3n) is 4.07. The molecule has 0 radical (unpaired) electrons. The number of nitrogens with two attached hydrogens (primary N) is 1. The molecular weight excluding hydrogens is 266 g/mol. The standard InChI is InChI=1S/C16H31N3O2/c1-11(2)13(17)10-14(20)18-12-6-8-19(9-7-12)15(21)16(3,4)5/h11-13H,6-10,17H2,1-5H3,(H,18,20). The zero-order valence-electron chi connectivity index (χ0n) is 14.1. The highest BCUT2D eigenvalue weighted by Gasteiger charge is 2.30. The number of hydrogen-bond donors (Lipinski definition) is 2. The van der Waals surface area contributed by atoms with Crippen LogP contribution in [0.5, 0.6) is 0 Å². The minimum absolute atomic E-state index is 0.0248. The van der Waals surface area contributed by atoms with Crippen molar-refractivity contribution >= 4 is 11.8 Å². The lowest BCUT2D eigenvalue weighted by atomic mass is 9.93. The van der Waals surface area contributed by atoms with Gasteiger partial charge < -0.3 is 16.0 Å². The quantitative estimate of drug-likeness (QED) is 0.826. The van der Waals surface area contributed by atoms with Crippen molar-refractivity contribution in [2.45, 2.75) is 66.0 Å². The van der Waals surface area contributed by atoms with Crippen molar-refractivity contribution in [1.29, 1.82) is 0 Å². The van der Waals surface area contributed by atoms with Crippen molar-refractivity contribution in [3.05, 3.63) is 0 Å². The predicted octanol–water partition coefficient (Wildman–Crippen LogP) is 1.51. The Morgan fingerprint density at radius 3 is 2.19 bits per heavy atom. The molecule has 0 saturated carbocycles. The maximum Gasteiger partial charge on any atom is 0.227 e. The number of rotatable bonds is 4. The lowest BCUT2D eigenvalue weighted by Gasteiger charge is -2.36. The second kappa shape index (κ2) is 7.25. The number of hydrogen-bond acceptors (Lipinski definition) is 3. The van der Waals surface area contributed by atoms with Crippen LogP contribution in [0.25, 0.3) is 0 Å². The summed E-state index contributed by atoms with van der Waals surface area (Å²) in [5, 5.41) is 3.05. The largest absolute Gasteiger partial charge is 0.353 e. The van der Waals surface area contributed by atoms with Gasteiger partial charge in [-0.1, -0.05) is 34.6 Å². The summed E-state index contributed by atoms with van der Waals surface area (Å²) in [5.41, 5.74) is 5.59.